The number of rotatable bonds is 2. The second-order valence-electron chi connectivity index (χ2n) is 4.17. The molecular weight excluding hydrogens is 269 g/mol. The minimum absolute atomic E-state index is 0.170. The smallest absolute Gasteiger partial charge is 0.308 e. The first-order valence-electron chi connectivity index (χ1n) is 5.75. The van der Waals surface area contributed by atoms with E-state index >= 15 is 0 Å². The number of benzene rings is 2. The number of amides is 2. The number of urea groups is 1. The number of carbonyl (C=O) groups is 1. The molecule has 0 radical (unpaired) electrons. The van der Waals surface area contributed by atoms with Crippen LogP contribution in [0.4, 0.5) is 29.3 Å². The predicted molar refractivity (Wildman–Crippen MR) is 70.1 cm³/mol. The second kappa shape index (κ2) is 5.64. The van der Waals surface area contributed by atoms with Gasteiger partial charge < -0.3 is 10.6 Å². The van der Waals surface area contributed by atoms with Crippen LogP contribution in [0.25, 0.3) is 0 Å². The van der Waals surface area contributed by atoms with Crippen molar-refractivity contribution in [1.82, 2.24) is 0 Å². The third-order valence-electron chi connectivity index (χ3n) is 2.61. The van der Waals surface area contributed by atoms with Crippen LogP contribution < -0.4 is 10.6 Å². The lowest BCUT2D eigenvalue weighted by atomic mass is 10.2. The highest BCUT2D eigenvalue weighted by atomic mass is 19.1. The number of hydrogen-bond donors (Lipinski definition) is 2. The fourth-order valence-corrected chi connectivity index (χ4v) is 1.55. The van der Waals surface area contributed by atoms with Gasteiger partial charge in [-0.2, -0.15) is 0 Å². The molecule has 3 nitrogen and oxygen atoms in total. The van der Waals surface area contributed by atoms with Gasteiger partial charge in [0.1, 0.15) is 17.5 Å². The summed E-state index contributed by atoms with van der Waals surface area (Å²) in [5.74, 6) is -2.10. The van der Waals surface area contributed by atoms with Crippen molar-refractivity contribution in [2.75, 3.05) is 10.6 Å². The Labute approximate surface area is 113 Å². The second-order valence-corrected chi connectivity index (χ2v) is 4.17. The first-order chi connectivity index (χ1) is 9.45. The Kier molecular flexibility index (Phi) is 3.93. The fraction of sp³-hybridized carbons (Fsp3) is 0.0714. The molecule has 0 fully saturated rings. The minimum atomic E-state index is -0.893. The summed E-state index contributed by atoms with van der Waals surface area (Å²) in [7, 11) is 0. The molecule has 0 spiro atoms. The number of hydrogen-bond acceptors (Lipinski definition) is 1. The topological polar surface area (TPSA) is 41.1 Å². The lowest BCUT2D eigenvalue weighted by Crippen LogP contribution is -2.20. The first kappa shape index (κ1) is 13.9. The summed E-state index contributed by atoms with van der Waals surface area (Å²) in [6, 6.07) is 6.18. The normalized spacial score (nSPS) is 10.2. The molecule has 0 atom stereocenters. The van der Waals surface area contributed by atoms with Crippen LogP contribution in [0.2, 0.25) is 0 Å². The average molecular weight is 280 g/mol. The highest BCUT2D eigenvalue weighted by Gasteiger charge is 2.08. The maximum Gasteiger partial charge on any atom is 0.323 e. The van der Waals surface area contributed by atoms with E-state index in [2.05, 4.69) is 10.6 Å². The Morgan fingerprint density at radius 1 is 0.950 bits per heavy atom. The molecule has 2 N–H and O–H groups in total. The third kappa shape index (κ3) is 3.28. The molecule has 0 aliphatic rings. The lowest BCUT2D eigenvalue weighted by molar-refractivity contribution is 0.262. The maximum atomic E-state index is 13.3. The van der Waals surface area contributed by atoms with Crippen LogP contribution in [-0.2, 0) is 0 Å². The maximum absolute atomic E-state index is 13.3. The van der Waals surface area contributed by atoms with Gasteiger partial charge in [0.2, 0.25) is 0 Å². The number of carbonyl (C=O) groups excluding carboxylic acids is 1. The van der Waals surface area contributed by atoms with Gasteiger partial charge in [-0.3, -0.25) is 0 Å². The van der Waals surface area contributed by atoms with Crippen molar-refractivity contribution in [3.8, 4) is 0 Å². The van der Waals surface area contributed by atoms with E-state index in [0.29, 0.717) is 11.6 Å². The Hall–Kier alpha value is -2.50. The van der Waals surface area contributed by atoms with E-state index in [1.807, 2.05) is 0 Å². The van der Waals surface area contributed by atoms with Crippen molar-refractivity contribution >= 4 is 17.4 Å². The summed E-state index contributed by atoms with van der Waals surface area (Å²) in [6.07, 6.45) is 0. The molecule has 2 rings (SSSR count). The average Bonchev–Trinajstić information content (AvgIpc) is 2.37. The molecule has 0 unspecified atom stereocenters. The molecule has 0 bridgehead atoms. The van der Waals surface area contributed by atoms with E-state index in [0.717, 1.165) is 18.2 Å². The van der Waals surface area contributed by atoms with E-state index in [-0.39, 0.29) is 11.4 Å². The van der Waals surface area contributed by atoms with E-state index in [9.17, 15) is 18.0 Å². The molecule has 0 heterocycles. The van der Waals surface area contributed by atoms with Gasteiger partial charge in [-0.15, -0.1) is 0 Å². The van der Waals surface area contributed by atoms with Crippen molar-refractivity contribution in [2.45, 2.75) is 6.92 Å². The van der Waals surface area contributed by atoms with Gasteiger partial charge >= 0.3 is 6.03 Å². The molecule has 0 aromatic heterocycles. The molecule has 0 aliphatic heterocycles. The van der Waals surface area contributed by atoms with Crippen molar-refractivity contribution < 1.29 is 18.0 Å². The van der Waals surface area contributed by atoms with Crippen molar-refractivity contribution in [3.63, 3.8) is 0 Å². The molecule has 0 saturated carbocycles. The van der Waals surface area contributed by atoms with E-state index < -0.39 is 23.5 Å². The van der Waals surface area contributed by atoms with E-state index in [1.165, 1.54) is 12.1 Å². The zero-order valence-corrected chi connectivity index (χ0v) is 10.5. The largest absolute Gasteiger partial charge is 0.323 e. The van der Waals surface area contributed by atoms with Crippen LogP contribution in [0.3, 0.4) is 0 Å². The predicted octanol–water partition coefficient (Wildman–Crippen LogP) is 4.06. The fourth-order valence-electron chi connectivity index (χ4n) is 1.55. The highest BCUT2D eigenvalue weighted by molar-refractivity contribution is 5.99. The van der Waals surface area contributed by atoms with Gasteiger partial charge in [0.05, 0.1) is 5.69 Å². The van der Waals surface area contributed by atoms with Gasteiger partial charge in [0.15, 0.2) is 0 Å². The molecule has 2 aromatic carbocycles. The van der Waals surface area contributed by atoms with Crippen LogP contribution >= 0.6 is 0 Å². The molecule has 2 amide bonds. The number of aryl methyl sites for hydroxylation is 1. The van der Waals surface area contributed by atoms with Crippen LogP contribution in [0, 0.1) is 24.4 Å². The standard InChI is InChI=1S/C14H11F3N2O/c1-8-2-4-10(7-11(8)16)18-14(20)19-13-5-3-9(15)6-12(13)17/h2-7H,1H3,(H2,18,19,20). The van der Waals surface area contributed by atoms with Crippen molar-refractivity contribution in [1.29, 1.82) is 0 Å². The minimum Gasteiger partial charge on any atom is -0.308 e. The van der Waals surface area contributed by atoms with Crippen LogP contribution in [0.15, 0.2) is 36.4 Å². The monoisotopic (exact) mass is 280 g/mol. The lowest BCUT2D eigenvalue weighted by Gasteiger charge is -2.09. The summed E-state index contributed by atoms with van der Waals surface area (Å²) in [5.41, 5.74) is 0.505. The molecule has 2 aromatic rings. The van der Waals surface area contributed by atoms with Gasteiger partial charge in [0, 0.05) is 11.8 Å². The number of nitrogens with one attached hydrogen (secondary N) is 2. The summed E-state index contributed by atoms with van der Waals surface area (Å²) < 4.78 is 39.3. The summed E-state index contributed by atoms with van der Waals surface area (Å²) in [4.78, 5) is 11.6. The molecule has 20 heavy (non-hydrogen) atoms. The van der Waals surface area contributed by atoms with Crippen molar-refractivity contribution in [2.24, 2.45) is 0 Å². The summed E-state index contributed by atoms with van der Waals surface area (Å²) in [5, 5.41) is 4.56. The Balaban J connectivity index is 2.07. The zero-order chi connectivity index (χ0) is 14.7. The SMILES string of the molecule is Cc1ccc(NC(=O)Nc2ccc(F)cc2F)cc1F. The van der Waals surface area contributed by atoms with Gasteiger partial charge in [-0.1, -0.05) is 6.07 Å². The summed E-state index contributed by atoms with van der Waals surface area (Å²) >= 11 is 0. The number of anilines is 2. The molecule has 0 saturated heterocycles. The zero-order valence-electron chi connectivity index (χ0n) is 10.5. The van der Waals surface area contributed by atoms with Crippen LogP contribution in [0.5, 0.6) is 0 Å². The Bertz CT molecular complexity index is 659. The van der Waals surface area contributed by atoms with Gasteiger partial charge in [0.25, 0.3) is 0 Å². The van der Waals surface area contributed by atoms with Gasteiger partial charge in [-0.25, -0.2) is 18.0 Å². The third-order valence-corrected chi connectivity index (χ3v) is 2.61. The van der Waals surface area contributed by atoms with Crippen molar-refractivity contribution in [3.05, 3.63) is 59.4 Å². The summed E-state index contributed by atoms with van der Waals surface area (Å²) in [6.45, 7) is 1.59. The quantitative estimate of drug-likeness (QED) is 0.855. The molecule has 6 heteroatoms. The molecule has 104 valence electrons. The molecular formula is C14H11F3N2O. The van der Waals surface area contributed by atoms with Crippen LogP contribution in [-0.4, -0.2) is 6.03 Å². The van der Waals surface area contributed by atoms with Gasteiger partial charge in [-0.05, 0) is 36.8 Å². The first-order valence-corrected chi connectivity index (χ1v) is 5.75. The Morgan fingerprint density at radius 3 is 2.35 bits per heavy atom. The molecule has 0 aliphatic carbocycles. The van der Waals surface area contributed by atoms with E-state index in [4.69, 9.17) is 0 Å². The van der Waals surface area contributed by atoms with Crippen LogP contribution in [0.1, 0.15) is 5.56 Å². The Morgan fingerprint density at radius 2 is 1.70 bits per heavy atom. The van der Waals surface area contributed by atoms with E-state index in [1.54, 1.807) is 6.92 Å². The number of halogens is 3. The highest BCUT2D eigenvalue weighted by Crippen LogP contribution is 2.17.